The number of hydrogen-bond donors (Lipinski definition) is 4. The smallest absolute Gasteiger partial charge is 0.122 e. The van der Waals surface area contributed by atoms with Crippen LogP contribution in [0.15, 0.2) is 29.4 Å². The molecule has 0 fully saturated rings. The third-order valence-electron chi connectivity index (χ3n) is 2.52. The zero-order chi connectivity index (χ0) is 13.5. The Morgan fingerprint density at radius 1 is 1.39 bits per heavy atom. The van der Waals surface area contributed by atoms with E-state index in [0.717, 1.165) is 0 Å². The summed E-state index contributed by atoms with van der Waals surface area (Å²) in [6, 6.07) is 6.39. The number of nitrogens with two attached hydrogens (primary N) is 1. The molecule has 0 saturated carbocycles. The molecule has 0 aromatic heterocycles. The molecule has 5 N–H and O–H groups in total. The van der Waals surface area contributed by atoms with Crippen LogP contribution in [-0.2, 0) is 0 Å². The Kier molecular flexibility index (Phi) is 5.13. The highest BCUT2D eigenvalue weighted by Crippen LogP contribution is 2.19. The number of rotatable bonds is 6. The molecule has 1 rings (SSSR count). The SMILES string of the molecule is [N-]=[N+]=NCCC(O)C(O)c1ccc(C(=N)N)cc1. The van der Waals surface area contributed by atoms with Gasteiger partial charge in [0.05, 0.1) is 6.10 Å². The van der Waals surface area contributed by atoms with Crippen LogP contribution in [0.3, 0.4) is 0 Å². The van der Waals surface area contributed by atoms with Gasteiger partial charge in [-0.15, -0.1) is 0 Å². The van der Waals surface area contributed by atoms with Gasteiger partial charge in [-0.05, 0) is 17.5 Å². The van der Waals surface area contributed by atoms with Gasteiger partial charge in [0.2, 0.25) is 0 Å². The van der Waals surface area contributed by atoms with Crippen molar-refractivity contribution in [3.8, 4) is 0 Å². The Hall–Kier alpha value is -2.08. The molecule has 0 aliphatic heterocycles. The van der Waals surface area contributed by atoms with Gasteiger partial charge in [0.15, 0.2) is 0 Å². The van der Waals surface area contributed by atoms with Gasteiger partial charge < -0.3 is 15.9 Å². The van der Waals surface area contributed by atoms with E-state index in [-0.39, 0.29) is 18.8 Å². The van der Waals surface area contributed by atoms with Gasteiger partial charge >= 0.3 is 0 Å². The van der Waals surface area contributed by atoms with Crippen molar-refractivity contribution in [1.29, 1.82) is 5.41 Å². The number of nitrogen functional groups attached to an aromatic ring is 1. The van der Waals surface area contributed by atoms with Crippen molar-refractivity contribution in [3.63, 3.8) is 0 Å². The van der Waals surface area contributed by atoms with Gasteiger partial charge in [-0.3, -0.25) is 5.41 Å². The lowest BCUT2D eigenvalue weighted by atomic mass is 10.0. The summed E-state index contributed by atoms with van der Waals surface area (Å²) in [4.78, 5) is 2.57. The highest BCUT2D eigenvalue weighted by Gasteiger charge is 2.17. The van der Waals surface area contributed by atoms with Crippen molar-refractivity contribution >= 4 is 5.84 Å². The first-order valence-corrected chi connectivity index (χ1v) is 5.37. The first kappa shape index (κ1) is 14.0. The second-order valence-electron chi connectivity index (χ2n) is 3.79. The second kappa shape index (κ2) is 6.61. The predicted molar refractivity (Wildman–Crippen MR) is 67.1 cm³/mol. The zero-order valence-corrected chi connectivity index (χ0v) is 9.69. The molecular weight excluding hydrogens is 234 g/mol. The van der Waals surface area contributed by atoms with E-state index in [1.54, 1.807) is 24.3 Å². The van der Waals surface area contributed by atoms with Crippen LogP contribution < -0.4 is 5.73 Å². The van der Waals surface area contributed by atoms with Gasteiger partial charge in [0.25, 0.3) is 0 Å². The predicted octanol–water partition coefficient (Wildman–Crippen LogP) is 1.07. The zero-order valence-electron chi connectivity index (χ0n) is 9.69. The fraction of sp³-hybridized carbons (Fsp3) is 0.364. The van der Waals surface area contributed by atoms with Crippen LogP contribution in [0, 0.1) is 5.41 Å². The molecule has 7 heteroatoms. The summed E-state index contributed by atoms with van der Waals surface area (Å²) < 4.78 is 0. The van der Waals surface area contributed by atoms with E-state index in [2.05, 4.69) is 10.0 Å². The molecule has 18 heavy (non-hydrogen) atoms. The molecule has 0 spiro atoms. The van der Waals surface area contributed by atoms with Gasteiger partial charge in [0, 0.05) is 17.0 Å². The number of amidine groups is 1. The first-order chi connectivity index (χ1) is 8.56. The lowest BCUT2D eigenvalue weighted by Crippen LogP contribution is -2.19. The van der Waals surface area contributed by atoms with Crippen molar-refractivity contribution < 1.29 is 10.2 Å². The highest BCUT2D eigenvalue weighted by atomic mass is 16.3. The minimum atomic E-state index is -1.06. The molecule has 0 aliphatic rings. The molecule has 2 unspecified atom stereocenters. The number of azide groups is 1. The van der Waals surface area contributed by atoms with Gasteiger partial charge in [-0.25, -0.2) is 0 Å². The Labute approximate surface area is 104 Å². The minimum absolute atomic E-state index is 0.0556. The molecule has 1 aromatic carbocycles. The number of aliphatic hydroxyl groups excluding tert-OH is 2. The number of aliphatic hydroxyl groups is 2. The first-order valence-electron chi connectivity index (χ1n) is 5.37. The van der Waals surface area contributed by atoms with E-state index in [4.69, 9.17) is 16.7 Å². The topological polar surface area (TPSA) is 139 Å². The molecule has 0 saturated heterocycles. The van der Waals surface area contributed by atoms with E-state index in [9.17, 15) is 10.2 Å². The molecule has 1 aromatic rings. The van der Waals surface area contributed by atoms with Gasteiger partial charge in [-0.2, -0.15) is 0 Å². The van der Waals surface area contributed by atoms with Gasteiger partial charge in [-0.1, -0.05) is 29.4 Å². The molecule has 7 nitrogen and oxygen atoms in total. The lowest BCUT2D eigenvalue weighted by Gasteiger charge is -2.17. The Morgan fingerprint density at radius 2 is 2.00 bits per heavy atom. The standard InChI is InChI=1S/C11H15N5O2/c12-11(13)8-3-1-7(2-4-8)10(18)9(17)5-6-15-16-14/h1-4,9-10,17-18H,5-6H2,(H3,12,13). The molecule has 0 heterocycles. The van der Waals surface area contributed by atoms with Crippen LogP contribution in [0.25, 0.3) is 10.4 Å². The molecule has 0 amide bonds. The summed E-state index contributed by atoms with van der Waals surface area (Å²) in [5.74, 6) is -0.0556. The maximum Gasteiger partial charge on any atom is 0.122 e. The summed E-state index contributed by atoms with van der Waals surface area (Å²) in [5.41, 5.74) is 14.5. The normalized spacial score (nSPS) is 13.4. The summed E-state index contributed by atoms with van der Waals surface area (Å²) in [6.45, 7) is 0.125. The molecule has 0 aliphatic carbocycles. The average Bonchev–Trinajstić information content (AvgIpc) is 2.38. The maximum absolute atomic E-state index is 9.85. The molecule has 0 radical (unpaired) electrons. The van der Waals surface area contributed by atoms with Crippen molar-refractivity contribution in [3.05, 3.63) is 45.8 Å². The molecular formula is C11H15N5O2. The van der Waals surface area contributed by atoms with Crippen LogP contribution in [0.4, 0.5) is 0 Å². The quantitative estimate of drug-likeness (QED) is 0.197. The Morgan fingerprint density at radius 3 is 2.50 bits per heavy atom. The Balaban J connectivity index is 2.68. The summed E-state index contributed by atoms with van der Waals surface area (Å²) in [7, 11) is 0. The van der Waals surface area contributed by atoms with E-state index in [1.807, 2.05) is 0 Å². The number of nitrogens with zero attached hydrogens (tertiary/aromatic N) is 3. The minimum Gasteiger partial charge on any atom is -0.390 e. The van der Waals surface area contributed by atoms with E-state index in [1.165, 1.54) is 0 Å². The number of hydrogen-bond acceptors (Lipinski definition) is 4. The van der Waals surface area contributed by atoms with Crippen LogP contribution in [0.2, 0.25) is 0 Å². The van der Waals surface area contributed by atoms with E-state index in [0.29, 0.717) is 11.1 Å². The van der Waals surface area contributed by atoms with E-state index >= 15 is 0 Å². The number of nitrogens with one attached hydrogen (secondary N) is 1. The third kappa shape index (κ3) is 3.74. The average molecular weight is 249 g/mol. The van der Waals surface area contributed by atoms with Crippen molar-refractivity contribution in [1.82, 2.24) is 0 Å². The van der Waals surface area contributed by atoms with Crippen LogP contribution in [0.5, 0.6) is 0 Å². The second-order valence-corrected chi connectivity index (χ2v) is 3.79. The molecule has 0 bridgehead atoms. The van der Waals surface area contributed by atoms with Crippen LogP contribution >= 0.6 is 0 Å². The van der Waals surface area contributed by atoms with E-state index < -0.39 is 12.2 Å². The summed E-state index contributed by atoms with van der Waals surface area (Å²) in [5, 5.41) is 30.0. The monoisotopic (exact) mass is 249 g/mol. The molecule has 2 atom stereocenters. The highest BCUT2D eigenvalue weighted by molar-refractivity contribution is 5.94. The van der Waals surface area contributed by atoms with Crippen LogP contribution in [0.1, 0.15) is 23.7 Å². The lowest BCUT2D eigenvalue weighted by molar-refractivity contribution is 0.0150. The summed E-state index contributed by atoms with van der Waals surface area (Å²) >= 11 is 0. The summed E-state index contributed by atoms with van der Waals surface area (Å²) in [6.07, 6.45) is -1.88. The molecule has 96 valence electrons. The number of benzene rings is 1. The van der Waals surface area contributed by atoms with Crippen LogP contribution in [-0.4, -0.2) is 28.7 Å². The fourth-order valence-corrected chi connectivity index (χ4v) is 1.47. The maximum atomic E-state index is 9.85. The van der Waals surface area contributed by atoms with Crippen molar-refractivity contribution in [2.45, 2.75) is 18.6 Å². The van der Waals surface area contributed by atoms with Crippen molar-refractivity contribution in [2.75, 3.05) is 6.54 Å². The Bertz CT molecular complexity index is 453. The fourth-order valence-electron chi connectivity index (χ4n) is 1.47. The van der Waals surface area contributed by atoms with Crippen molar-refractivity contribution in [2.24, 2.45) is 10.8 Å². The van der Waals surface area contributed by atoms with Gasteiger partial charge in [0.1, 0.15) is 11.9 Å². The third-order valence-corrected chi connectivity index (χ3v) is 2.52. The largest absolute Gasteiger partial charge is 0.390 e.